The van der Waals surface area contributed by atoms with Crippen LogP contribution >= 0.6 is 11.8 Å². The second kappa shape index (κ2) is 7.22. The number of nitriles is 1. The summed E-state index contributed by atoms with van der Waals surface area (Å²) in [4.78, 5) is 0. The molecule has 1 heterocycles. The minimum absolute atomic E-state index is 0.481. The average Bonchev–Trinajstić information content (AvgIpc) is 2.43. The largest absolute Gasteiger partial charge is 0.366 e. The Balaban J connectivity index is 3.02. The first-order chi connectivity index (χ1) is 8.67. The Bertz CT molecular complexity index is 439. The van der Waals surface area contributed by atoms with Crippen molar-refractivity contribution in [3.63, 3.8) is 0 Å². The van der Waals surface area contributed by atoms with Gasteiger partial charge in [0.2, 0.25) is 0 Å². The van der Waals surface area contributed by atoms with E-state index >= 15 is 0 Å². The molecule has 0 aliphatic rings. The van der Waals surface area contributed by atoms with Gasteiger partial charge in [0.05, 0.1) is 5.69 Å². The van der Waals surface area contributed by atoms with Crippen LogP contribution in [-0.4, -0.2) is 28.2 Å². The average molecular weight is 264 g/mol. The fourth-order valence-electron chi connectivity index (χ4n) is 1.74. The summed E-state index contributed by atoms with van der Waals surface area (Å²) >= 11 is 1.78. The molecule has 18 heavy (non-hydrogen) atoms. The van der Waals surface area contributed by atoms with Crippen molar-refractivity contribution in [2.75, 3.05) is 18.1 Å². The van der Waals surface area contributed by atoms with Crippen LogP contribution in [0.15, 0.2) is 0 Å². The van der Waals surface area contributed by atoms with Crippen LogP contribution in [0.25, 0.3) is 0 Å². The predicted octanol–water partition coefficient (Wildman–Crippen LogP) is 2.64. The molecule has 4 nitrogen and oxygen atoms in total. The van der Waals surface area contributed by atoms with Gasteiger partial charge >= 0.3 is 0 Å². The lowest BCUT2D eigenvalue weighted by Gasteiger charge is -2.14. The molecule has 0 amide bonds. The zero-order valence-corrected chi connectivity index (χ0v) is 12.3. The van der Waals surface area contributed by atoms with Gasteiger partial charge in [0.1, 0.15) is 11.6 Å². The summed E-state index contributed by atoms with van der Waals surface area (Å²) in [5, 5.41) is 21.4. The summed E-state index contributed by atoms with van der Waals surface area (Å²) in [6.45, 7) is 7.01. The van der Waals surface area contributed by atoms with Crippen molar-refractivity contribution in [2.45, 2.75) is 38.9 Å². The summed E-state index contributed by atoms with van der Waals surface area (Å²) in [5.74, 6) is 0.618. The first-order valence-corrected chi connectivity index (χ1v) is 7.51. The molecule has 0 aromatic carbocycles. The quantitative estimate of drug-likeness (QED) is 0.856. The lowest BCUT2D eigenvalue weighted by molar-refractivity contribution is 0.865. The van der Waals surface area contributed by atoms with Crippen LogP contribution < -0.4 is 5.32 Å². The number of thioether (sulfide) groups is 1. The third kappa shape index (κ3) is 3.36. The second-order valence-electron chi connectivity index (χ2n) is 4.09. The minimum atomic E-state index is 0.481. The van der Waals surface area contributed by atoms with E-state index in [1.54, 1.807) is 11.8 Å². The van der Waals surface area contributed by atoms with E-state index in [2.05, 4.69) is 34.8 Å². The van der Waals surface area contributed by atoms with Crippen LogP contribution in [0.2, 0.25) is 0 Å². The SMILES string of the molecule is CCc1nnc(NCC(C)SC)c(C#N)c1CC. The third-order valence-electron chi connectivity index (χ3n) is 2.92. The van der Waals surface area contributed by atoms with Crippen LogP contribution in [0.3, 0.4) is 0 Å². The molecular formula is C13H20N4S. The lowest BCUT2D eigenvalue weighted by atomic mass is 10.0. The molecule has 0 fully saturated rings. The summed E-state index contributed by atoms with van der Waals surface area (Å²) in [7, 11) is 0. The number of aryl methyl sites for hydroxylation is 1. The molecule has 1 unspecified atom stereocenters. The van der Waals surface area contributed by atoms with Crippen molar-refractivity contribution in [1.29, 1.82) is 5.26 Å². The molecule has 0 spiro atoms. The molecule has 0 aliphatic carbocycles. The highest BCUT2D eigenvalue weighted by atomic mass is 32.2. The Labute approximate surface area is 113 Å². The molecule has 0 saturated carbocycles. The molecule has 1 rings (SSSR count). The molecule has 1 aromatic rings. The van der Waals surface area contributed by atoms with E-state index in [1.807, 2.05) is 13.8 Å². The zero-order chi connectivity index (χ0) is 13.5. The summed E-state index contributed by atoms with van der Waals surface area (Å²) in [5.41, 5.74) is 2.60. The van der Waals surface area contributed by atoms with Crippen molar-refractivity contribution in [2.24, 2.45) is 0 Å². The van der Waals surface area contributed by atoms with Gasteiger partial charge in [0.15, 0.2) is 5.82 Å². The highest BCUT2D eigenvalue weighted by Gasteiger charge is 2.14. The molecule has 1 atom stereocenters. The highest BCUT2D eigenvalue weighted by Crippen LogP contribution is 2.20. The van der Waals surface area contributed by atoms with E-state index in [-0.39, 0.29) is 0 Å². The number of anilines is 1. The number of nitrogens with zero attached hydrogens (tertiary/aromatic N) is 3. The van der Waals surface area contributed by atoms with E-state index < -0.39 is 0 Å². The fraction of sp³-hybridized carbons (Fsp3) is 0.615. The maximum atomic E-state index is 9.31. The summed E-state index contributed by atoms with van der Waals surface area (Å²) < 4.78 is 0. The molecule has 1 N–H and O–H groups in total. The van der Waals surface area contributed by atoms with Gasteiger partial charge in [-0.25, -0.2) is 0 Å². The van der Waals surface area contributed by atoms with Gasteiger partial charge in [-0.2, -0.15) is 22.1 Å². The van der Waals surface area contributed by atoms with E-state index in [1.165, 1.54) is 0 Å². The van der Waals surface area contributed by atoms with Gasteiger partial charge in [0.25, 0.3) is 0 Å². The van der Waals surface area contributed by atoms with Crippen LogP contribution in [0, 0.1) is 11.3 Å². The Kier molecular flexibility index (Phi) is 5.93. The van der Waals surface area contributed by atoms with E-state index in [4.69, 9.17) is 0 Å². The van der Waals surface area contributed by atoms with E-state index in [9.17, 15) is 5.26 Å². The Morgan fingerprint density at radius 2 is 2.06 bits per heavy atom. The molecule has 0 saturated heterocycles. The number of nitrogens with one attached hydrogen (secondary N) is 1. The number of hydrogen-bond acceptors (Lipinski definition) is 5. The maximum Gasteiger partial charge on any atom is 0.166 e. The minimum Gasteiger partial charge on any atom is -0.366 e. The zero-order valence-electron chi connectivity index (χ0n) is 11.4. The molecule has 0 radical (unpaired) electrons. The number of aromatic nitrogens is 2. The fourth-order valence-corrected chi connectivity index (χ4v) is 1.99. The Morgan fingerprint density at radius 1 is 1.33 bits per heavy atom. The normalized spacial score (nSPS) is 11.9. The van der Waals surface area contributed by atoms with E-state index in [0.717, 1.165) is 30.6 Å². The van der Waals surface area contributed by atoms with Crippen LogP contribution in [0.5, 0.6) is 0 Å². The van der Waals surface area contributed by atoms with Crippen molar-refractivity contribution in [3.8, 4) is 6.07 Å². The molecule has 5 heteroatoms. The van der Waals surface area contributed by atoms with Crippen LogP contribution in [0.1, 0.15) is 37.6 Å². The highest BCUT2D eigenvalue weighted by molar-refractivity contribution is 7.99. The van der Waals surface area contributed by atoms with Gasteiger partial charge in [-0.05, 0) is 24.7 Å². The van der Waals surface area contributed by atoms with Crippen molar-refractivity contribution < 1.29 is 0 Å². The maximum absolute atomic E-state index is 9.31. The Hall–Kier alpha value is -1.28. The van der Waals surface area contributed by atoms with E-state index in [0.29, 0.717) is 16.6 Å². The smallest absolute Gasteiger partial charge is 0.166 e. The monoisotopic (exact) mass is 264 g/mol. The summed E-state index contributed by atoms with van der Waals surface area (Å²) in [6, 6.07) is 2.26. The summed E-state index contributed by atoms with van der Waals surface area (Å²) in [6.07, 6.45) is 3.70. The van der Waals surface area contributed by atoms with Crippen molar-refractivity contribution in [1.82, 2.24) is 10.2 Å². The topological polar surface area (TPSA) is 61.6 Å². The molecule has 1 aromatic heterocycles. The predicted molar refractivity (Wildman–Crippen MR) is 77.0 cm³/mol. The van der Waals surface area contributed by atoms with Crippen LogP contribution in [0.4, 0.5) is 5.82 Å². The van der Waals surface area contributed by atoms with Gasteiger partial charge in [0, 0.05) is 11.8 Å². The molecular weight excluding hydrogens is 244 g/mol. The number of rotatable bonds is 6. The standard InChI is InChI=1S/C13H20N4S/c1-5-10-11(7-14)13(15-8-9(3)18-4)17-16-12(10)6-2/h9H,5-6,8H2,1-4H3,(H,15,17). The van der Waals surface area contributed by atoms with Gasteiger partial charge in [-0.15, -0.1) is 5.10 Å². The van der Waals surface area contributed by atoms with Crippen LogP contribution in [-0.2, 0) is 12.8 Å². The third-order valence-corrected chi connectivity index (χ3v) is 3.89. The molecule has 98 valence electrons. The van der Waals surface area contributed by atoms with Crippen molar-refractivity contribution in [3.05, 3.63) is 16.8 Å². The van der Waals surface area contributed by atoms with Gasteiger partial charge in [-0.3, -0.25) is 0 Å². The number of hydrogen-bond donors (Lipinski definition) is 1. The lowest BCUT2D eigenvalue weighted by Crippen LogP contribution is -2.16. The second-order valence-corrected chi connectivity index (χ2v) is 5.37. The van der Waals surface area contributed by atoms with Gasteiger partial charge in [-0.1, -0.05) is 20.8 Å². The molecule has 0 aliphatic heterocycles. The first-order valence-electron chi connectivity index (χ1n) is 6.23. The first kappa shape index (κ1) is 14.8. The van der Waals surface area contributed by atoms with Crippen molar-refractivity contribution >= 4 is 17.6 Å². The molecule has 0 bridgehead atoms. The Morgan fingerprint density at radius 3 is 2.56 bits per heavy atom. The van der Waals surface area contributed by atoms with Gasteiger partial charge < -0.3 is 5.32 Å².